The second-order valence-corrected chi connectivity index (χ2v) is 8.99. The quantitative estimate of drug-likeness (QED) is 0.230. The molecule has 0 aliphatic rings. The molecule has 0 saturated carbocycles. The number of para-hydroxylation sites is 1. The smallest absolute Gasteiger partial charge is 0.258 e. The largest absolute Gasteiger partial charge is 0.507 e. The van der Waals surface area contributed by atoms with Gasteiger partial charge in [0.05, 0.1) is 26.4 Å². The van der Waals surface area contributed by atoms with Gasteiger partial charge in [0.25, 0.3) is 5.91 Å². The van der Waals surface area contributed by atoms with Gasteiger partial charge in [0.1, 0.15) is 10.8 Å². The van der Waals surface area contributed by atoms with Crippen LogP contribution in [-0.2, 0) is 0 Å². The lowest BCUT2D eigenvalue weighted by Gasteiger charge is -2.13. The van der Waals surface area contributed by atoms with E-state index >= 15 is 0 Å². The van der Waals surface area contributed by atoms with Crippen molar-refractivity contribution < 1.29 is 9.90 Å². The number of aromatic hydroxyl groups is 1. The van der Waals surface area contributed by atoms with Crippen LogP contribution in [0.1, 0.15) is 15.9 Å². The van der Waals surface area contributed by atoms with Crippen LogP contribution < -0.4 is 10.6 Å². The van der Waals surface area contributed by atoms with Crippen LogP contribution in [0.15, 0.2) is 54.6 Å². The molecule has 1 heterocycles. The van der Waals surface area contributed by atoms with Crippen molar-refractivity contribution in [3.05, 3.63) is 75.8 Å². The van der Waals surface area contributed by atoms with E-state index in [1.807, 2.05) is 24.3 Å². The topological polar surface area (TPSA) is 74.2 Å². The highest BCUT2D eigenvalue weighted by atomic mass is 35.5. The van der Waals surface area contributed by atoms with Crippen LogP contribution in [-0.4, -0.2) is 21.1 Å². The summed E-state index contributed by atoms with van der Waals surface area (Å²) >= 11 is 18.8. The first-order valence-electron chi connectivity index (χ1n) is 9.09. The van der Waals surface area contributed by atoms with Gasteiger partial charge in [-0.1, -0.05) is 35.3 Å². The van der Waals surface area contributed by atoms with E-state index in [9.17, 15) is 9.90 Å². The summed E-state index contributed by atoms with van der Waals surface area (Å²) in [6.07, 6.45) is 0. The number of fused-ring (bicyclic) bond motifs is 1. The first-order chi connectivity index (χ1) is 14.8. The van der Waals surface area contributed by atoms with E-state index in [4.69, 9.17) is 35.4 Å². The van der Waals surface area contributed by atoms with Gasteiger partial charge < -0.3 is 10.4 Å². The van der Waals surface area contributed by atoms with Crippen LogP contribution in [0.25, 0.3) is 20.8 Å². The number of phenolic OH excluding ortho intramolecular Hbond substituents is 1. The van der Waals surface area contributed by atoms with Gasteiger partial charge in [0, 0.05) is 10.7 Å². The predicted molar refractivity (Wildman–Crippen MR) is 132 cm³/mol. The Morgan fingerprint density at radius 3 is 2.68 bits per heavy atom. The number of carbonyl (C=O) groups excluding carboxylic acids is 1. The maximum absolute atomic E-state index is 12.5. The highest BCUT2D eigenvalue weighted by Gasteiger charge is 2.16. The Morgan fingerprint density at radius 2 is 1.90 bits per heavy atom. The highest BCUT2D eigenvalue weighted by molar-refractivity contribution is 7.80. The Hall–Kier alpha value is -2.71. The van der Waals surface area contributed by atoms with Crippen molar-refractivity contribution in [2.75, 3.05) is 5.32 Å². The van der Waals surface area contributed by atoms with Crippen LogP contribution >= 0.6 is 46.8 Å². The SMILES string of the molecule is Cc1cc(NC(=S)NC(=O)c2cc(Cl)ccc2Cl)cc(-c2nc3ccccc3s2)c1O. The molecule has 0 saturated heterocycles. The Kier molecular flexibility index (Phi) is 6.11. The van der Waals surface area contributed by atoms with E-state index in [0.29, 0.717) is 26.8 Å². The number of thiazole rings is 1. The number of amides is 1. The highest BCUT2D eigenvalue weighted by Crippen LogP contribution is 2.38. The van der Waals surface area contributed by atoms with Crippen molar-refractivity contribution in [1.29, 1.82) is 0 Å². The Labute approximate surface area is 197 Å². The minimum atomic E-state index is -0.480. The summed E-state index contributed by atoms with van der Waals surface area (Å²) in [5, 5.41) is 17.6. The molecule has 4 rings (SSSR count). The number of halogens is 2. The average molecular weight is 488 g/mol. The van der Waals surface area contributed by atoms with E-state index in [1.54, 1.807) is 31.2 Å². The summed E-state index contributed by atoms with van der Waals surface area (Å²) in [6.45, 7) is 1.78. The van der Waals surface area contributed by atoms with Gasteiger partial charge in [-0.2, -0.15) is 0 Å². The molecule has 4 aromatic rings. The third-order valence-electron chi connectivity index (χ3n) is 4.48. The molecule has 3 aromatic carbocycles. The number of benzene rings is 3. The van der Waals surface area contributed by atoms with E-state index in [-0.39, 0.29) is 21.4 Å². The molecule has 156 valence electrons. The first kappa shape index (κ1) is 21.5. The zero-order valence-electron chi connectivity index (χ0n) is 16.1. The molecular formula is C22H15Cl2N3O2S2. The van der Waals surface area contributed by atoms with Crippen molar-refractivity contribution in [1.82, 2.24) is 10.3 Å². The number of phenols is 1. The lowest BCUT2D eigenvalue weighted by atomic mass is 10.1. The zero-order valence-corrected chi connectivity index (χ0v) is 19.2. The lowest BCUT2D eigenvalue weighted by Crippen LogP contribution is -2.34. The molecule has 5 nitrogen and oxygen atoms in total. The maximum atomic E-state index is 12.5. The van der Waals surface area contributed by atoms with Crippen LogP contribution in [0.4, 0.5) is 5.69 Å². The van der Waals surface area contributed by atoms with E-state index in [1.165, 1.54) is 17.4 Å². The fourth-order valence-electron chi connectivity index (χ4n) is 3.01. The predicted octanol–water partition coefficient (Wildman–Crippen LogP) is 6.41. The monoisotopic (exact) mass is 487 g/mol. The van der Waals surface area contributed by atoms with Crippen molar-refractivity contribution in [2.24, 2.45) is 0 Å². The summed E-state index contributed by atoms with van der Waals surface area (Å²) in [5.41, 5.74) is 2.91. The van der Waals surface area contributed by atoms with Gasteiger partial charge in [0.2, 0.25) is 0 Å². The van der Waals surface area contributed by atoms with Gasteiger partial charge in [-0.05, 0) is 67.2 Å². The second-order valence-electron chi connectivity index (χ2n) is 6.71. The van der Waals surface area contributed by atoms with E-state index in [0.717, 1.165) is 10.2 Å². The maximum Gasteiger partial charge on any atom is 0.258 e. The summed E-state index contributed by atoms with van der Waals surface area (Å²) in [7, 11) is 0. The third kappa shape index (κ3) is 4.65. The molecular weight excluding hydrogens is 473 g/mol. The van der Waals surface area contributed by atoms with E-state index in [2.05, 4.69) is 15.6 Å². The standard InChI is InChI=1S/C22H15Cl2N3O2S2/c1-11-8-13(25-22(30)27-20(29)14-9-12(23)6-7-16(14)24)10-15(19(11)28)21-26-17-4-2-3-5-18(17)31-21/h2-10,28H,1H3,(H2,25,27,29,30). The zero-order chi connectivity index (χ0) is 22.1. The number of nitrogens with zero attached hydrogens (tertiary/aromatic N) is 1. The Balaban J connectivity index is 1.58. The Morgan fingerprint density at radius 1 is 1.13 bits per heavy atom. The lowest BCUT2D eigenvalue weighted by molar-refractivity contribution is 0.0978. The number of hydrogen-bond donors (Lipinski definition) is 3. The molecule has 0 atom stereocenters. The van der Waals surface area contributed by atoms with E-state index < -0.39 is 5.91 Å². The summed E-state index contributed by atoms with van der Waals surface area (Å²) in [6, 6.07) is 15.9. The van der Waals surface area contributed by atoms with Crippen molar-refractivity contribution >= 4 is 73.7 Å². The minimum Gasteiger partial charge on any atom is -0.507 e. The fraction of sp³-hybridized carbons (Fsp3) is 0.0455. The normalized spacial score (nSPS) is 10.8. The number of thiocarbonyl (C=S) groups is 1. The number of aromatic nitrogens is 1. The van der Waals surface area contributed by atoms with Crippen LogP contribution in [0, 0.1) is 6.92 Å². The number of nitrogens with one attached hydrogen (secondary N) is 2. The summed E-state index contributed by atoms with van der Waals surface area (Å²) < 4.78 is 1.02. The molecule has 0 fully saturated rings. The van der Waals surface area contributed by atoms with Gasteiger partial charge in [-0.3, -0.25) is 10.1 Å². The minimum absolute atomic E-state index is 0.0846. The number of hydrogen-bond acceptors (Lipinski definition) is 5. The number of carbonyl (C=O) groups is 1. The number of rotatable bonds is 3. The first-order valence-corrected chi connectivity index (χ1v) is 11.1. The molecule has 0 aliphatic carbocycles. The van der Waals surface area contributed by atoms with Crippen LogP contribution in [0.3, 0.4) is 0 Å². The molecule has 0 radical (unpaired) electrons. The van der Waals surface area contributed by atoms with Gasteiger partial charge in [0.15, 0.2) is 5.11 Å². The van der Waals surface area contributed by atoms with Gasteiger partial charge in [-0.15, -0.1) is 11.3 Å². The number of anilines is 1. The average Bonchev–Trinajstić information content (AvgIpc) is 3.16. The Bertz CT molecular complexity index is 1300. The molecule has 1 amide bonds. The summed E-state index contributed by atoms with van der Waals surface area (Å²) in [4.78, 5) is 17.1. The molecule has 3 N–H and O–H groups in total. The van der Waals surface area contributed by atoms with Crippen molar-refractivity contribution in [3.63, 3.8) is 0 Å². The molecule has 9 heteroatoms. The molecule has 31 heavy (non-hydrogen) atoms. The molecule has 0 aliphatic heterocycles. The van der Waals surface area contributed by atoms with Gasteiger partial charge in [-0.25, -0.2) is 4.98 Å². The van der Waals surface area contributed by atoms with Gasteiger partial charge >= 0.3 is 0 Å². The molecule has 1 aromatic heterocycles. The molecule has 0 unspecified atom stereocenters. The molecule has 0 spiro atoms. The molecule has 0 bridgehead atoms. The van der Waals surface area contributed by atoms with Crippen molar-refractivity contribution in [2.45, 2.75) is 6.92 Å². The third-order valence-corrected chi connectivity index (χ3v) is 6.32. The van der Waals surface area contributed by atoms with Crippen molar-refractivity contribution in [3.8, 4) is 16.3 Å². The summed E-state index contributed by atoms with van der Waals surface area (Å²) in [5.74, 6) is -0.336. The van der Waals surface area contributed by atoms with Crippen LogP contribution in [0.2, 0.25) is 10.0 Å². The second kappa shape index (κ2) is 8.80. The van der Waals surface area contributed by atoms with Crippen LogP contribution in [0.5, 0.6) is 5.75 Å². The fourth-order valence-corrected chi connectivity index (χ4v) is 4.58. The number of aryl methyl sites for hydroxylation is 1.